The van der Waals surface area contributed by atoms with Crippen molar-refractivity contribution in [1.29, 1.82) is 0 Å². The number of aromatic hydroxyl groups is 1. The number of hydrogen-bond acceptors (Lipinski definition) is 5. The molecule has 0 aliphatic carbocycles. The highest BCUT2D eigenvalue weighted by Gasteiger charge is 2.28. The smallest absolute Gasteiger partial charge is 0.160 e. The Morgan fingerprint density at radius 2 is 1.83 bits per heavy atom. The number of ether oxygens (including phenoxy) is 1. The molecule has 2 aliphatic heterocycles. The van der Waals surface area contributed by atoms with Crippen LogP contribution in [0.5, 0.6) is 11.5 Å². The molecule has 5 heteroatoms. The summed E-state index contributed by atoms with van der Waals surface area (Å²) in [4.78, 5) is 7.78. The lowest BCUT2D eigenvalue weighted by molar-refractivity contribution is 0.0887. The molecule has 1 atom stereocenters. The highest BCUT2D eigenvalue weighted by atomic mass is 16.5. The molecule has 4 rings (SSSR count). The third kappa shape index (κ3) is 4.68. The number of phenols is 1. The lowest BCUT2D eigenvalue weighted by atomic mass is 10.0. The average Bonchev–Trinajstić information content (AvgIpc) is 2.76. The van der Waals surface area contributed by atoms with Crippen LogP contribution >= 0.6 is 0 Å². The fourth-order valence-electron chi connectivity index (χ4n) is 4.80. The van der Waals surface area contributed by atoms with Crippen molar-refractivity contribution in [3.63, 3.8) is 0 Å². The minimum atomic E-state index is 0.208. The molecule has 0 radical (unpaired) electrons. The maximum Gasteiger partial charge on any atom is 0.160 e. The average molecular weight is 396 g/mol. The molecular weight excluding hydrogens is 362 g/mol. The molecule has 1 unspecified atom stereocenters. The predicted octanol–water partition coefficient (Wildman–Crippen LogP) is 3.50. The number of piperazine rings is 1. The molecule has 0 aromatic heterocycles. The van der Waals surface area contributed by atoms with Crippen molar-refractivity contribution in [3.8, 4) is 11.5 Å². The van der Waals surface area contributed by atoms with Crippen LogP contribution in [0.25, 0.3) is 0 Å². The summed E-state index contributed by atoms with van der Waals surface area (Å²) in [6.45, 7) is 9.87. The maximum atomic E-state index is 9.82. The Morgan fingerprint density at radius 3 is 2.59 bits per heavy atom. The third-order valence-electron chi connectivity index (χ3n) is 6.42. The van der Waals surface area contributed by atoms with Gasteiger partial charge < -0.3 is 14.7 Å². The highest BCUT2D eigenvalue weighted by molar-refractivity contribution is 5.53. The van der Waals surface area contributed by atoms with E-state index in [1.54, 1.807) is 13.2 Å². The van der Waals surface area contributed by atoms with E-state index in [1.807, 2.05) is 12.1 Å². The van der Waals surface area contributed by atoms with Crippen molar-refractivity contribution < 1.29 is 9.84 Å². The van der Waals surface area contributed by atoms with Gasteiger partial charge in [-0.05, 0) is 55.6 Å². The van der Waals surface area contributed by atoms with Crippen molar-refractivity contribution in [1.82, 2.24) is 9.80 Å². The quantitative estimate of drug-likeness (QED) is 0.839. The van der Waals surface area contributed by atoms with Crippen LogP contribution in [0.2, 0.25) is 0 Å². The molecule has 1 N–H and O–H groups in total. The van der Waals surface area contributed by atoms with E-state index < -0.39 is 0 Å². The van der Waals surface area contributed by atoms with Gasteiger partial charge in [0.15, 0.2) is 11.5 Å². The molecule has 2 aromatic carbocycles. The van der Waals surface area contributed by atoms with Crippen LogP contribution < -0.4 is 9.64 Å². The first-order chi connectivity index (χ1) is 14.1. The van der Waals surface area contributed by atoms with Crippen molar-refractivity contribution in [2.45, 2.75) is 32.4 Å². The van der Waals surface area contributed by atoms with Gasteiger partial charge in [0.1, 0.15) is 0 Å². The molecule has 0 bridgehead atoms. The van der Waals surface area contributed by atoms with Crippen molar-refractivity contribution in [2.24, 2.45) is 0 Å². The molecular formula is C24H33N3O2. The van der Waals surface area contributed by atoms with Gasteiger partial charge in [0.25, 0.3) is 0 Å². The Labute approximate surface area is 174 Å². The van der Waals surface area contributed by atoms with Crippen molar-refractivity contribution >= 4 is 5.69 Å². The molecule has 2 fully saturated rings. The Balaban J connectivity index is 1.33. The first kappa shape index (κ1) is 20.0. The first-order valence-corrected chi connectivity index (χ1v) is 10.8. The second-order valence-electron chi connectivity index (χ2n) is 8.35. The van der Waals surface area contributed by atoms with E-state index in [0.29, 0.717) is 11.8 Å². The zero-order valence-electron chi connectivity index (χ0n) is 17.7. The lowest BCUT2D eigenvalue weighted by Gasteiger charge is -2.44. The minimum Gasteiger partial charge on any atom is -0.504 e. The second-order valence-corrected chi connectivity index (χ2v) is 8.35. The summed E-state index contributed by atoms with van der Waals surface area (Å²) < 4.78 is 5.26. The van der Waals surface area contributed by atoms with Gasteiger partial charge >= 0.3 is 0 Å². The van der Waals surface area contributed by atoms with E-state index in [0.717, 1.165) is 45.8 Å². The summed E-state index contributed by atoms with van der Waals surface area (Å²) in [5.41, 5.74) is 3.96. The number of likely N-dealkylation sites (tertiary alicyclic amines) is 1. The topological polar surface area (TPSA) is 39.2 Å². The molecule has 2 aromatic rings. The molecule has 5 nitrogen and oxygen atoms in total. The van der Waals surface area contributed by atoms with Crippen LogP contribution in [0, 0.1) is 6.92 Å². The van der Waals surface area contributed by atoms with Crippen LogP contribution in [0.4, 0.5) is 5.69 Å². The number of anilines is 1. The fraction of sp³-hybridized carbons (Fsp3) is 0.500. The molecule has 2 saturated heterocycles. The van der Waals surface area contributed by atoms with E-state index in [2.05, 4.69) is 45.9 Å². The summed E-state index contributed by atoms with van der Waals surface area (Å²) in [7, 11) is 1.60. The summed E-state index contributed by atoms with van der Waals surface area (Å²) in [6.07, 6.45) is 2.54. The standard InChI is InChI=1S/C24H33N3O2/c1-19-6-3-4-8-22(19)27-14-12-26(13-15-27)21-7-5-11-25(18-21)17-20-9-10-23(28)24(16-20)29-2/h3-4,6,8-10,16,21,28H,5,7,11-15,17-18H2,1-2H3. The number of phenolic OH excluding ortho intramolecular Hbond substituents is 1. The third-order valence-corrected chi connectivity index (χ3v) is 6.42. The van der Waals surface area contributed by atoms with Crippen LogP contribution in [-0.4, -0.2) is 67.3 Å². The first-order valence-electron chi connectivity index (χ1n) is 10.8. The van der Waals surface area contributed by atoms with E-state index in [-0.39, 0.29) is 5.75 Å². The Bertz CT molecular complexity index is 818. The summed E-state index contributed by atoms with van der Waals surface area (Å²) in [5, 5.41) is 9.82. The predicted molar refractivity (Wildman–Crippen MR) is 118 cm³/mol. The monoisotopic (exact) mass is 395 g/mol. The molecule has 0 spiro atoms. The normalized spacial score (nSPS) is 21.3. The number of benzene rings is 2. The summed E-state index contributed by atoms with van der Waals surface area (Å²) in [5.74, 6) is 0.766. The Hall–Kier alpha value is -2.24. The van der Waals surface area contributed by atoms with E-state index >= 15 is 0 Å². The molecule has 29 heavy (non-hydrogen) atoms. The van der Waals surface area contributed by atoms with Gasteiger partial charge in [-0.2, -0.15) is 0 Å². The van der Waals surface area contributed by atoms with Crippen LogP contribution in [0.1, 0.15) is 24.0 Å². The molecule has 0 amide bonds. The number of aryl methyl sites for hydroxylation is 1. The van der Waals surface area contributed by atoms with Gasteiger partial charge in [-0.25, -0.2) is 0 Å². The van der Waals surface area contributed by atoms with Crippen LogP contribution in [0.15, 0.2) is 42.5 Å². The van der Waals surface area contributed by atoms with Crippen molar-refractivity contribution in [2.75, 3.05) is 51.3 Å². The number of nitrogens with zero attached hydrogens (tertiary/aromatic N) is 3. The van der Waals surface area contributed by atoms with Crippen molar-refractivity contribution in [3.05, 3.63) is 53.6 Å². The zero-order valence-corrected chi connectivity index (χ0v) is 17.7. The lowest BCUT2D eigenvalue weighted by Crippen LogP contribution is -2.55. The fourth-order valence-corrected chi connectivity index (χ4v) is 4.80. The van der Waals surface area contributed by atoms with Crippen LogP contribution in [-0.2, 0) is 6.54 Å². The van der Waals surface area contributed by atoms with Gasteiger partial charge in [0, 0.05) is 51.0 Å². The largest absolute Gasteiger partial charge is 0.504 e. The SMILES string of the molecule is COc1cc(CN2CCCC(N3CCN(c4ccccc4C)CC3)C2)ccc1O. The second kappa shape index (κ2) is 9.06. The van der Waals surface area contributed by atoms with E-state index in [1.165, 1.54) is 29.7 Å². The number of hydrogen-bond donors (Lipinski definition) is 1. The molecule has 2 heterocycles. The van der Waals surface area contributed by atoms with E-state index in [4.69, 9.17) is 4.74 Å². The Morgan fingerprint density at radius 1 is 1.03 bits per heavy atom. The van der Waals surface area contributed by atoms with Gasteiger partial charge in [-0.15, -0.1) is 0 Å². The number of piperidine rings is 1. The number of methoxy groups -OCH3 is 1. The Kier molecular flexibility index (Phi) is 6.26. The van der Waals surface area contributed by atoms with Gasteiger partial charge in [-0.1, -0.05) is 24.3 Å². The van der Waals surface area contributed by atoms with Gasteiger partial charge in [0.2, 0.25) is 0 Å². The summed E-state index contributed by atoms with van der Waals surface area (Å²) in [6, 6.07) is 15.1. The van der Waals surface area contributed by atoms with Gasteiger partial charge in [0.05, 0.1) is 7.11 Å². The highest BCUT2D eigenvalue weighted by Crippen LogP contribution is 2.28. The number of para-hydroxylation sites is 1. The molecule has 156 valence electrons. The van der Waals surface area contributed by atoms with Gasteiger partial charge in [-0.3, -0.25) is 9.80 Å². The van der Waals surface area contributed by atoms with E-state index in [9.17, 15) is 5.11 Å². The maximum absolute atomic E-state index is 9.82. The number of rotatable bonds is 5. The molecule has 2 aliphatic rings. The zero-order chi connectivity index (χ0) is 20.2. The van der Waals surface area contributed by atoms with Crippen LogP contribution in [0.3, 0.4) is 0 Å². The minimum absolute atomic E-state index is 0.208. The molecule has 0 saturated carbocycles. The summed E-state index contributed by atoms with van der Waals surface area (Å²) >= 11 is 0.